The molecule has 1 aliphatic rings. The van der Waals surface area contributed by atoms with E-state index in [-0.39, 0.29) is 27.7 Å². The molecular formula is C13H9Cl2F3N2OS. The van der Waals surface area contributed by atoms with Gasteiger partial charge >= 0.3 is 6.18 Å². The number of nitrogens with zero attached hydrogens (tertiary/aromatic N) is 1. The van der Waals surface area contributed by atoms with E-state index in [2.05, 4.69) is 22.4 Å². The minimum absolute atomic E-state index is 0.0383. The minimum Gasteiger partial charge on any atom is -0.369 e. The maximum Gasteiger partial charge on any atom is 0.395 e. The fourth-order valence-corrected chi connectivity index (χ4v) is 3.11. The van der Waals surface area contributed by atoms with Crippen LogP contribution in [0.2, 0.25) is 10.0 Å². The van der Waals surface area contributed by atoms with Crippen LogP contribution >= 0.6 is 35.4 Å². The second kappa shape index (κ2) is 5.81. The van der Waals surface area contributed by atoms with Crippen molar-refractivity contribution in [2.24, 2.45) is 22.1 Å². The molecule has 2 rings (SSSR count). The van der Waals surface area contributed by atoms with Crippen molar-refractivity contribution < 1.29 is 18.0 Å². The standard InChI is InChI=1S/C13H9Cl2F3N2OS/c14-8-2-1-6(9(15)10(8)20-5-22)3-12(13(16,17)18)4-7(12)11(19)21/h1-2,7H,3-4H2,(H2,19,21). The summed E-state index contributed by atoms with van der Waals surface area (Å²) < 4.78 is 40.0. The Bertz CT molecular complexity index is 689. The number of rotatable bonds is 4. The van der Waals surface area contributed by atoms with Gasteiger partial charge in [-0.3, -0.25) is 4.79 Å². The lowest BCUT2D eigenvalue weighted by Gasteiger charge is -2.21. The second-order valence-corrected chi connectivity index (χ2v) is 6.03. The molecule has 0 heterocycles. The SMILES string of the molecule is NC(=O)C1CC1(Cc1ccc(Cl)c(N=C=S)c1Cl)C(F)(F)F. The normalized spacial score (nSPS) is 23.8. The first kappa shape index (κ1) is 17.2. The van der Waals surface area contributed by atoms with Crippen LogP contribution in [0, 0.1) is 11.3 Å². The predicted molar refractivity (Wildman–Crippen MR) is 80.6 cm³/mol. The third-order valence-electron chi connectivity index (χ3n) is 3.79. The number of hydrogen-bond acceptors (Lipinski definition) is 3. The van der Waals surface area contributed by atoms with Gasteiger partial charge in [0.2, 0.25) is 5.91 Å². The first-order valence-electron chi connectivity index (χ1n) is 6.05. The smallest absolute Gasteiger partial charge is 0.369 e. The highest BCUT2D eigenvalue weighted by atomic mass is 35.5. The summed E-state index contributed by atoms with van der Waals surface area (Å²) in [6, 6.07) is 2.75. The highest BCUT2D eigenvalue weighted by Gasteiger charge is 2.72. The number of hydrogen-bond donors (Lipinski definition) is 1. The van der Waals surface area contributed by atoms with Gasteiger partial charge in [-0.1, -0.05) is 29.3 Å². The Morgan fingerprint density at radius 1 is 1.50 bits per heavy atom. The topological polar surface area (TPSA) is 55.5 Å². The Kier molecular flexibility index (Phi) is 4.55. The van der Waals surface area contributed by atoms with E-state index in [0.29, 0.717) is 0 Å². The summed E-state index contributed by atoms with van der Waals surface area (Å²) in [4.78, 5) is 14.8. The van der Waals surface area contributed by atoms with E-state index >= 15 is 0 Å². The zero-order valence-corrected chi connectivity index (χ0v) is 13.2. The molecule has 9 heteroatoms. The summed E-state index contributed by atoms with van der Waals surface area (Å²) in [5.41, 5.74) is 3.08. The number of halogens is 5. The summed E-state index contributed by atoms with van der Waals surface area (Å²) in [6.07, 6.45) is -5.39. The molecule has 1 fully saturated rings. The summed E-state index contributed by atoms with van der Waals surface area (Å²) in [7, 11) is 0. The first-order chi connectivity index (χ1) is 10.1. The largest absolute Gasteiger partial charge is 0.395 e. The molecule has 22 heavy (non-hydrogen) atoms. The average Bonchev–Trinajstić information content (AvgIpc) is 3.14. The number of alkyl halides is 3. The molecule has 118 valence electrons. The maximum absolute atomic E-state index is 13.3. The van der Waals surface area contributed by atoms with Crippen LogP contribution in [0.1, 0.15) is 12.0 Å². The maximum atomic E-state index is 13.3. The van der Waals surface area contributed by atoms with Crippen LogP contribution < -0.4 is 5.73 Å². The molecule has 2 unspecified atom stereocenters. The zero-order valence-electron chi connectivity index (χ0n) is 10.9. The van der Waals surface area contributed by atoms with Crippen molar-refractivity contribution in [3.05, 3.63) is 27.7 Å². The highest BCUT2D eigenvalue weighted by Crippen LogP contribution is 2.64. The van der Waals surface area contributed by atoms with Crippen LogP contribution in [0.3, 0.4) is 0 Å². The van der Waals surface area contributed by atoms with E-state index in [1.807, 2.05) is 0 Å². The van der Waals surface area contributed by atoms with E-state index in [1.165, 1.54) is 12.1 Å². The lowest BCUT2D eigenvalue weighted by molar-refractivity contribution is -0.192. The van der Waals surface area contributed by atoms with Crippen LogP contribution in [0.5, 0.6) is 0 Å². The Hall–Kier alpha value is -1.14. The summed E-state index contributed by atoms with van der Waals surface area (Å²) in [6.45, 7) is 0. The second-order valence-electron chi connectivity index (χ2n) is 5.06. The molecule has 1 aliphatic carbocycles. The quantitative estimate of drug-likeness (QED) is 0.635. The molecule has 2 N–H and O–H groups in total. The van der Waals surface area contributed by atoms with E-state index in [1.54, 1.807) is 0 Å². The molecule has 0 bridgehead atoms. The van der Waals surface area contributed by atoms with Gasteiger partial charge in [-0.15, -0.1) is 0 Å². The van der Waals surface area contributed by atoms with E-state index in [4.69, 9.17) is 28.9 Å². The van der Waals surface area contributed by atoms with Crippen LogP contribution in [0.25, 0.3) is 0 Å². The number of primary amides is 1. The number of nitrogens with two attached hydrogens (primary N) is 1. The highest BCUT2D eigenvalue weighted by molar-refractivity contribution is 7.78. The van der Waals surface area contributed by atoms with Gasteiger partial charge in [-0.2, -0.15) is 18.2 Å². The van der Waals surface area contributed by atoms with Crippen molar-refractivity contribution in [3.8, 4) is 0 Å². The molecule has 0 radical (unpaired) electrons. The fourth-order valence-electron chi connectivity index (χ4n) is 2.49. The Labute approximate surface area is 139 Å². The number of amides is 1. The molecule has 1 aromatic rings. The predicted octanol–water partition coefficient (Wildman–Crippen LogP) is 4.32. The summed E-state index contributed by atoms with van der Waals surface area (Å²) in [5.74, 6) is -2.23. The van der Waals surface area contributed by atoms with Gasteiger partial charge in [0.1, 0.15) is 5.69 Å². The summed E-state index contributed by atoms with van der Waals surface area (Å²) in [5, 5.41) is 2.18. The third kappa shape index (κ3) is 2.86. The Morgan fingerprint density at radius 2 is 2.14 bits per heavy atom. The number of benzene rings is 1. The number of isothiocyanates is 1. The monoisotopic (exact) mass is 368 g/mol. The molecule has 1 aromatic carbocycles. The third-order valence-corrected chi connectivity index (χ3v) is 4.61. The summed E-state index contributed by atoms with van der Waals surface area (Å²) >= 11 is 16.4. The van der Waals surface area contributed by atoms with Crippen molar-refractivity contribution in [1.29, 1.82) is 0 Å². The van der Waals surface area contributed by atoms with Gasteiger partial charge in [-0.05, 0) is 36.7 Å². The van der Waals surface area contributed by atoms with Crippen LogP contribution in [0.4, 0.5) is 18.9 Å². The Balaban J connectivity index is 2.44. The minimum atomic E-state index is -4.57. The lowest BCUT2D eigenvalue weighted by atomic mass is 9.92. The molecule has 3 nitrogen and oxygen atoms in total. The fraction of sp³-hybridized carbons (Fsp3) is 0.385. The van der Waals surface area contributed by atoms with Gasteiger partial charge in [0.15, 0.2) is 0 Å². The molecule has 0 aromatic heterocycles. The first-order valence-corrected chi connectivity index (χ1v) is 7.21. The van der Waals surface area contributed by atoms with Crippen molar-refractivity contribution in [3.63, 3.8) is 0 Å². The van der Waals surface area contributed by atoms with Crippen molar-refractivity contribution in [2.75, 3.05) is 0 Å². The number of carbonyl (C=O) groups is 1. The van der Waals surface area contributed by atoms with Crippen molar-refractivity contribution in [2.45, 2.75) is 19.0 Å². The molecule has 1 saturated carbocycles. The van der Waals surface area contributed by atoms with Gasteiger partial charge in [-0.25, -0.2) is 0 Å². The van der Waals surface area contributed by atoms with Crippen LogP contribution in [-0.2, 0) is 11.2 Å². The van der Waals surface area contributed by atoms with Crippen LogP contribution in [-0.4, -0.2) is 17.2 Å². The molecule has 0 spiro atoms. The molecule has 0 saturated heterocycles. The zero-order chi connectivity index (χ0) is 16.7. The number of carbonyl (C=O) groups excluding carboxylic acids is 1. The van der Waals surface area contributed by atoms with E-state index < -0.39 is 29.8 Å². The molecular weight excluding hydrogens is 360 g/mol. The van der Waals surface area contributed by atoms with Crippen LogP contribution in [0.15, 0.2) is 17.1 Å². The van der Waals surface area contributed by atoms with Crippen molar-refractivity contribution in [1.82, 2.24) is 0 Å². The molecule has 0 aliphatic heterocycles. The number of thiocarbonyl (C=S) groups is 1. The molecule has 2 atom stereocenters. The van der Waals surface area contributed by atoms with E-state index in [9.17, 15) is 18.0 Å². The van der Waals surface area contributed by atoms with Gasteiger partial charge in [0.25, 0.3) is 0 Å². The average molecular weight is 369 g/mol. The van der Waals surface area contributed by atoms with Gasteiger partial charge in [0.05, 0.1) is 26.5 Å². The molecule has 1 amide bonds. The van der Waals surface area contributed by atoms with Crippen molar-refractivity contribution >= 4 is 52.2 Å². The number of aliphatic imine (C=N–C) groups is 1. The lowest BCUT2D eigenvalue weighted by Crippen LogP contribution is -2.32. The van der Waals surface area contributed by atoms with E-state index in [0.717, 1.165) is 0 Å². The van der Waals surface area contributed by atoms with Gasteiger partial charge in [0, 0.05) is 0 Å². The Morgan fingerprint density at radius 3 is 2.59 bits per heavy atom. The van der Waals surface area contributed by atoms with Gasteiger partial charge < -0.3 is 5.73 Å².